The minimum atomic E-state index is -0.386. The fourth-order valence-corrected chi connectivity index (χ4v) is 3.42. The fraction of sp³-hybridized carbons (Fsp3) is 0.526. The lowest BCUT2D eigenvalue weighted by molar-refractivity contribution is 0.0706. The number of hydrogen-bond donors (Lipinski definition) is 1. The second kappa shape index (κ2) is 8.24. The average molecular weight is 340 g/mol. The Morgan fingerprint density at radius 1 is 1.24 bits per heavy atom. The molecule has 1 heterocycles. The van der Waals surface area contributed by atoms with Gasteiger partial charge in [-0.15, -0.1) is 10.2 Å². The van der Waals surface area contributed by atoms with Crippen molar-refractivity contribution in [3.8, 4) is 17.5 Å². The van der Waals surface area contributed by atoms with Crippen molar-refractivity contribution in [1.29, 1.82) is 5.26 Å². The van der Waals surface area contributed by atoms with Gasteiger partial charge in [0.1, 0.15) is 0 Å². The summed E-state index contributed by atoms with van der Waals surface area (Å²) in [4.78, 5) is 2.26. The molecule has 0 spiro atoms. The minimum absolute atomic E-state index is 0.386. The van der Waals surface area contributed by atoms with Gasteiger partial charge in [-0.3, -0.25) is 4.90 Å². The standard InChI is InChI=1S/C19H24N4O2/c1-14(24)12-23(17-5-3-2-4-6-17)13-18-21-22-19(25-18)16-9-7-15(11-20)8-10-16/h7-10,14,17,24H,2-6,12-13H2,1H3. The molecule has 1 saturated carbocycles. The molecule has 1 atom stereocenters. The van der Waals surface area contributed by atoms with Gasteiger partial charge >= 0.3 is 0 Å². The fourth-order valence-electron chi connectivity index (χ4n) is 3.42. The van der Waals surface area contributed by atoms with Crippen molar-refractivity contribution >= 4 is 0 Å². The number of aliphatic hydroxyl groups excluding tert-OH is 1. The Morgan fingerprint density at radius 2 is 1.96 bits per heavy atom. The normalized spacial score (nSPS) is 16.7. The summed E-state index contributed by atoms with van der Waals surface area (Å²) in [6.07, 6.45) is 5.69. The van der Waals surface area contributed by atoms with Crippen LogP contribution in [0.5, 0.6) is 0 Å². The zero-order valence-electron chi connectivity index (χ0n) is 14.6. The first-order valence-electron chi connectivity index (χ1n) is 8.90. The van der Waals surface area contributed by atoms with Crippen LogP contribution in [0.25, 0.3) is 11.5 Å². The molecule has 1 aromatic heterocycles. The molecule has 6 nitrogen and oxygen atoms in total. The first-order valence-corrected chi connectivity index (χ1v) is 8.90. The maximum Gasteiger partial charge on any atom is 0.247 e. The van der Waals surface area contributed by atoms with E-state index in [9.17, 15) is 5.11 Å². The number of rotatable bonds is 6. The van der Waals surface area contributed by atoms with Crippen LogP contribution < -0.4 is 0 Å². The van der Waals surface area contributed by atoms with E-state index in [0.717, 1.165) is 18.4 Å². The van der Waals surface area contributed by atoms with Crippen LogP contribution in [0.15, 0.2) is 28.7 Å². The SMILES string of the molecule is CC(O)CN(Cc1nnc(-c2ccc(C#N)cc2)o1)C1CCCCC1. The van der Waals surface area contributed by atoms with Crippen molar-refractivity contribution in [3.05, 3.63) is 35.7 Å². The third-order valence-corrected chi connectivity index (χ3v) is 4.66. The van der Waals surface area contributed by atoms with Crippen molar-refractivity contribution in [2.24, 2.45) is 0 Å². The Labute approximate surface area is 148 Å². The molecule has 1 aliphatic carbocycles. The summed E-state index contributed by atoms with van der Waals surface area (Å²) in [7, 11) is 0. The second-order valence-corrected chi connectivity index (χ2v) is 6.76. The molecule has 1 fully saturated rings. The summed E-state index contributed by atoms with van der Waals surface area (Å²) in [5.74, 6) is 1.02. The van der Waals surface area contributed by atoms with Crippen molar-refractivity contribution in [3.63, 3.8) is 0 Å². The molecule has 132 valence electrons. The van der Waals surface area contributed by atoms with Gasteiger partial charge in [0.05, 0.1) is 24.3 Å². The number of nitriles is 1. The van der Waals surface area contributed by atoms with E-state index in [1.165, 1.54) is 19.3 Å². The number of benzene rings is 1. The molecule has 1 N–H and O–H groups in total. The van der Waals surface area contributed by atoms with Gasteiger partial charge in [-0.2, -0.15) is 5.26 Å². The van der Waals surface area contributed by atoms with Gasteiger partial charge < -0.3 is 9.52 Å². The highest BCUT2D eigenvalue weighted by Gasteiger charge is 2.24. The number of aliphatic hydroxyl groups is 1. The predicted octanol–water partition coefficient (Wildman–Crippen LogP) is 3.12. The highest BCUT2D eigenvalue weighted by Crippen LogP contribution is 2.25. The smallest absolute Gasteiger partial charge is 0.247 e. The Morgan fingerprint density at radius 3 is 2.60 bits per heavy atom. The first-order chi connectivity index (χ1) is 12.2. The molecular weight excluding hydrogens is 316 g/mol. The molecule has 1 aliphatic rings. The Bertz CT molecular complexity index is 712. The van der Waals surface area contributed by atoms with Gasteiger partial charge in [0, 0.05) is 18.2 Å². The van der Waals surface area contributed by atoms with Crippen LogP contribution in [0.3, 0.4) is 0 Å². The monoisotopic (exact) mass is 340 g/mol. The first kappa shape index (κ1) is 17.6. The van der Waals surface area contributed by atoms with E-state index in [2.05, 4.69) is 21.2 Å². The average Bonchev–Trinajstić information content (AvgIpc) is 3.10. The maximum atomic E-state index is 9.83. The number of aromatic nitrogens is 2. The Hall–Kier alpha value is -2.23. The summed E-state index contributed by atoms with van der Waals surface area (Å²) in [6.45, 7) is 2.98. The van der Waals surface area contributed by atoms with E-state index >= 15 is 0 Å². The summed E-state index contributed by atoms with van der Waals surface area (Å²) < 4.78 is 5.82. The molecule has 3 rings (SSSR count). The van der Waals surface area contributed by atoms with E-state index < -0.39 is 0 Å². The zero-order valence-corrected chi connectivity index (χ0v) is 14.6. The molecule has 2 aromatic rings. The maximum absolute atomic E-state index is 9.83. The van der Waals surface area contributed by atoms with Gasteiger partial charge in [0.2, 0.25) is 11.8 Å². The molecule has 0 saturated heterocycles. The molecular formula is C19H24N4O2. The van der Waals surface area contributed by atoms with E-state index in [1.807, 2.05) is 19.1 Å². The topological polar surface area (TPSA) is 86.2 Å². The molecule has 6 heteroatoms. The zero-order chi connectivity index (χ0) is 17.6. The van der Waals surface area contributed by atoms with Crippen molar-refractivity contribution in [1.82, 2.24) is 15.1 Å². The largest absolute Gasteiger partial charge is 0.419 e. The van der Waals surface area contributed by atoms with Crippen LogP contribution in [0.2, 0.25) is 0 Å². The molecule has 1 unspecified atom stereocenters. The predicted molar refractivity (Wildman–Crippen MR) is 93.4 cm³/mol. The van der Waals surface area contributed by atoms with Gasteiger partial charge in [0.25, 0.3) is 0 Å². The molecule has 25 heavy (non-hydrogen) atoms. The molecule has 0 aliphatic heterocycles. The highest BCUT2D eigenvalue weighted by molar-refractivity contribution is 5.54. The molecule has 1 aromatic carbocycles. The lowest BCUT2D eigenvalue weighted by Crippen LogP contribution is -2.40. The van der Waals surface area contributed by atoms with E-state index in [-0.39, 0.29) is 6.10 Å². The van der Waals surface area contributed by atoms with Crippen LogP contribution >= 0.6 is 0 Å². The van der Waals surface area contributed by atoms with E-state index in [0.29, 0.717) is 36.5 Å². The lowest BCUT2D eigenvalue weighted by Gasteiger charge is -2.34. The summed E-state index contributed by atoms with van der Waals surface area (Å²) in [6, 6.07) is 9.66. The summed E-state index contributed by atoms with van der Waals surface area (Å²) in [5, 5.41) is 27.0. The molecule has 0 amide bonds. The van der Waals surface area contributed by atoms with Crippen molar-refractivity contribution in [2.45, 2.75) is 57.7 Å². The van der Waals surface area contributed by atoms with Crippen LogP contribution in [0.1, 0.15) is 50.5 Å². The quantitative estimate of drug-likeness (QED) is 0.869. The van der Waals surface area contributed by atoms with Gasteiger partial charge in [-0.1, -0.05) is 19.3 Å². The number of hydrogen-bond acceptors (Lipinski definition) is 6. The van der Waals surface area contributed by atoms with Crippen molar-refractivity contribution in [2.75, 3.05) is 6.54 Å². The van der Waals surface area contributed by atoms with Crippen LogP contribution in [0, 0.1) is 11.3 Å². The highest BCUT2D eigenvalue weighted by atomic mass is 16.4. The molecule has 0 bridgehead atoms. The lowest BCUT2D eigenvalue weighted by atomic mass is 9.94. The van der Waals surface area contributed by atoms with Crippen molar-refractivity contribution < 1.29 is 9.52 Å². The van der Waals surface area contributed by atoms with Crippen LogP contribution in [0.4, 0.5) is 0 Å². The molecule has 0 radical (unpaired) electrons. The van der Waals surface area contributed by atoms with Gasteiger partial charge in [0.15, 0.2) is 0 Å². The minimum Gasteiger partial charge on any atom is -0.419 e. The van der Waals surface area contributed by atoms with E-state index in [1.54, 1.807) is 12.1 Å². The van der Waals surface area contributed by atoms with Gasteiger partial charge in [-0.05, 0) is 44.0 Å². The van der Waals surface area contributed by atoms with Gasteiger partial charge in [-0.25, -0.2) is 0 Å². The third kappa shape index (κ3) is 4.65. The van der Waals surface area contributed by atoms with Crippen LogP contribution in [-0.2, 0) is 6.54 Å². The second-order valence-electron chi connectivity index (χ2n) is 6.76. The summed E-state index contributed by atoms with van der Waals surface area (Å²) >= 11 is 0. The van der Waals surface area contributed by atoms with E-state index in [4.69, 9.17) is 9.68 Å². The summed E-state index contributed by atoms with van der Waals surface area (Å²) in [5.41, 5.74) is 1.40. The third-order valence-electron chi connectivity index (χ3n) is 4.66. The Kier molecular flexibility index (Phi) is 5.79. The Balaban J connectivity index is 1.71. The van der Waals surface area contributed by atoms with Crippen LogP contribution in [-0.4, -0.2) is 38.9 Å². The number of nitrogens with zero attached hydrogens (tertiary/aromatic N) is 4.